The molecule has 0 N–H and O–H groups in total. The lowest BCUT2D eigenvalue weighted by atomic mass is 10.0. The number of carbonyl (C=O) groups excluding carboxylic acids is 1. The summed E-state index contributed by atoms with van der Waals surface area (Å²) in [6, 6.07) is 7.58. The molecule has 1 aromatic carbocycles. The van der Waals surface area contributed by atoms with Gasteiger partial charge in [-0.05, 0) is 5.92 Å². The lowest BCUT2D eigenvalue weighted by molar-refractivity contribution is 0.112. The van der Waals surface area contributed by atoms with E-state index in [1.54, 1.807) is 11.3 Å². The topological polar surface area (TPSA) is 30.0 Å². The summed E-state index contributed by atoms with van der Waals surface area (Å²) >= 11 is 1.64. The van der Waals surface area contributed by atoms with Crippen LogP contribution in [0.3, 0.4) is 0 Å². The molecule has 0 saturated carbocycles. The maximum absolute atomic E-state index is 11.0. The van der Waals surface area contributed by atoms with E-state index in [0.29, 0.717) is 11.5 Å². The molecule has 0 amide bonds. The molecule has 0 atom stereocenters. The molecule has 82 valence electrons. The molecule has 1 aromatic heterocycles. The molecular formula is C13H13NOS. The van der Waals surface area contributed by atoms with Gasteiger partial charge >= 0.3 is 0 Å². The van der Waals surface area contributed by atoms with Crippen LogP contribution in [0, 0.1) is 0 Å². The third-order valence-corrected chi connectivity index (χ3v) is 3.59. The first-order chi connectivity index (χ1) is 7.74. The molecule has 0 unspecified atom stereocenters. The molecule has 0 spiro atoms. The summed E-state index contributed by atoms with van der Waals surface area (Å²) < 4.78 is 0. The number of thiazole rings is 1. The Morgan fingerprint density at radius 3 is 2.75 bits per heavy atom. The van der Waals surface area contributed by atoms with E-state index in [4.69, 9.17) is 0 Å². The van der Waals surface area contributed by atoms with Crippen LogP contribution in [0.4, 0.5) is 0 Å². The van der Waals surface area contributed by atoms with Crippen LogP contribution in [0.1, 0.15) is 35.0 Å². The van der Waals surface area contributed by atoms with E-state index < -0.39 is 0 Å². The average molecular weight is 231 g/mol. The summed E-state index contributed by atoms with van der Waals surface area (Å²) in [5, 5.41) is 0. The highest BCUT2D eigenvalue weighted by Gasteiger charge is 2.14. The number of aromatic nitrogens is 1. The van der Waals surface area contributed by atoms with Crippen molar-refractivity contribution in [2.75, 3.05) is 0 Å². The van der Waals surface area contributed by atoms with Gasteiger partial charge in [0.05, 0.1) is 11.2 Å². The molecule has 0 radical (unpaired) electrons. The Balaban J connectivity index is 2.58. The zero-order valence-corrected chi connectivity index (χ0v) is 10.1. The van der Waals surface area contributed by atoms with Crippen LogP contribution in [-0.2, 0) is 0 Å². The van der Waals surface area contributed by atoms with Gasteiger partial charge < -0.3 is 0 Å². The maximum atomic E-state index is 11.0. The largest absolute Gasteiger partial charge is 0.298 e. The van der Waals surface area contributed by atoms with Crippen molar-refractivity contribution in [1.29, 1.82) is 0 Å². The number of rotatable bonds is 3. The van der Waals surface area contributed by atoms with Crippen LogP contribution in [0.15, 0.2) is 29.8 Å². The van der Waals surface area contributed by atoms with Gasteiger partial charge in [0.2, 0.25) is 0 Å². The van der Waals surface area contributed by atoms with Crippen LogP contribution in [0.5, 0.6) is 0 Å². The van der Waals surface area contributed by atoms with Gasteiger partial charge in [0.1, 0.15) is 0 Å². The van der Waals surface area contributed by atoms with Crippen LogP contribution in [0.25, 0.3) is 11.3 Å². The van der Waals surface area contributed by atoms with Crippen molar-refractivity contribution in [3.8, 4) is 11.3 Å². The molecule has 3 heteroatoms. The molecule has 16 heavy (non-hydrogen) atoms. The molecule has 1 heterocycles. The van der Waals surface area contributed by atoms with Crippen LogP contribution in [-0.4, -0.2) is 11.3 Å². The predicted octanol–water partition coefficient (Wildman–Crippen LogP) is 3.75. The molecule has 2 aromatic rings. The molecule has 0 bridgehead atoms. The van der Waals surface area contributed by atoms with Crippen molar-refractivity contribution in [3.63, 3.8) is 0 Å². The van der Waals surface area contributed by atoms with E-state index in [1.807, 2.05) is 29.8 Å². The number of carbonyl (C=O) groups is 1. The standard InChI is InChI=1S/C13H13NOS/c1-9(2)13-12(14-8-16-13)11-6-4-3-5-10(11)7-15/h3-9H,1-2H3. The van der Waals surface area contributed by atoms with E-state index in [-0.39, 0.29) is 0 Å². The van der Waals surface area contributed by atoms with Gasteiger partial charge in [-0.2, -0.15) is 0 Å². The van der Waals surface area contributed by atoms with E-state index in [9.17, 15) is 4.79 Å². The molecule has 0 fully saturated rings. The summed E-state index contributed by atoms with van der Waals surface area (Å²) in [5.74, 6) is 0.433. The Morgan fingerprint density at radius 2 is 2.06 bits per heavy atom. The van der Waals surface area contributed by atoms with Gasteiger partial charge in [-0.25, -0.2) is 4.98 Å². The average Bonchev–Trinajstić information content (AvgIpc) is 2.77. The van der Waals surface area contributed by atoms with E-state index in [1.165, 1.54) is 4.88 Å². The smallest absolute Gasteiger partial charge is 0.150 e. The minimum atomic E-state index is 0.433. The predicted molar refractivity (Wildman–Crippen MR) is 67.0 cm³/mol. The molecule has 0 saturated heterocycles. The van der Waals surface area contributed by atoms with Crippen molar-refractivity contribution in [1.82, 2.24) is 4.98 Å². The second-order valence-electron chi connectivity index (χ2n) is 3.93. The highest BCUT2D eigenvalue weighted by atomic mass is 32.1. The van der Waals surface area contributed by atoms with E-state index in [2.05, 4.69) is 18.8 Å². The fourth-order valence-electron chi connectivity index (χ4n) is 1.68. The lowest BCUT2D eigenvalue weighted by Crippen LogP contribution is -1.92. The molecule has 0 aliphatic heterocycles. The highest BCUT2D eigenvalue weighted by molar-refractivity contribution is 7.10. The summed E-state index contributed by atoms with van der Waals surface area (Å²) in [7, 11) is 0. The fraction of sp³-hybridized carbons (Fsp3) is 0.231. The summed E-state index contributed by atoms with van der Waals surface area (Å²) in [6.45, 7) is 4.28. The highest BCUT2D eigenvalue weighted by Crippen LogP contribution is 2.32. The van der Waals surface area contributed by atoms with Crippen molar-refractivity contribution in [2.45, 2.75) is 19.8 Å². The van der Waals surface area contributed by atoms with Crippen molar-refractivity contribution in [3.05, 3.63) is 40.2 Å². The zero-order chi connectivity index (χ0) is 11.5. The first-order valence-electron chi connectivity index (χ1n) is 5.22. The first kappa shape index (κ1) is 11.0. The summed E-state index contributed by atoms with van der Waals surface area (Å²) in [5.41, 5.74) is 4.42. The monoisotopic (exact) mass is 231 g/mol. The molecule has 0 aliphatic rings. The van der Waals surface area contributed by atoms with E-state index >= 15 is 0 Å². The Hall–Kier alpha value is -1.48. The number of nitrogens with zero attached hydrogens (tertiary/aromatic N) is 1. The Bertz CT molecular complexity index is 502. The molecular weight excluding hydrogens is 218 g/mol. The quantitative estimate of drug-likeness (QED) is 0.753. The lowest BCUT2D eigenvalue weighted by Gasteiger charge is -2.07. The van der Waals surface area contributed by atoms with Crippen molar-refractivity contribution in [2.24, 2.45) is 0 Å². The van der Waals surface area contributed by atoms with Gasteiger partial charge in [0.15, 0.2) is 6.29 Å². The van der Waals surface area contributed by atoms with Gasteiger partial charge in [0.25, 0.3) is 0 Å². The van der Waals surface area contributed by atoms with Gasteiger partial charge in [-0.3, -0.25) is 4.79 Å². The van der Waals surface area contributed by atoms with Gasteiger partial charge in [0, 0.05) is 16.0 Å². The second-order valence-corrected chi connectivity index (χ2v) is 4.81. The minimum absolute atomic E-state index is 0.433. The minimum Gasteiger partial charge on any atom is -0.298 e. The summed E-state index contributed by atoms with van der Waals surface area (Å²) in [6.07, 6.45) is 0.888. The molecule has 2 rings (SSSR count). The molecule has 0 aliphatic carbocycles. The number of aldehydes is 1. The van der Waals surface area contributed by atoms with Crippen molar-refractivity contribution < 1.29 is 4.79 Å². The van der Waals surface area contributed by atoms with Crippen LogP contribution >= 0.6 is 11.3 Å². The van der Waals surface area contributed by atoms with Crippen molar-refractivity contribution >= 4 is 17.6 Å². The maximum Gasteiger partial charge on any atom is 0.150 e. The fourth-order valence-corrected chi connectivity index (χ4v) is 2.50. The number of hydrogen-bond donors (Lipinski definition) is 0. The Kier molecular flexibility index (Phi) is 3.15. The van der Waals surface area contributed by atoms with Crippen LogP contribution in [0.2, 0.25) is 0 Å². The molecule has 2 nitrogen and oxygen atoms in total. The number of hydrogen-bond acceptors (Lipinski definition) is 3. The third kappa shape index (κ3) is 1.91. The normalized spacial score (nSPS) is 10.7. The van der Waals surface area contributed by atoms with Gasteiger partial charge in [-0.1, -0.05) is 38.1 Å². The number of benzene rings is 1. The third-order valence-electron chi connectivity index (χ3n) is 2.46. The SMILES string of the molecule is CC(C)c1scnc1-c1ccccc1C=O. The second kappa shape index (κ2) is 4.58. The van der Waals surface area contributed by atoms with E-state index in [0.717, 1.165) is 17.5 Å². The Labute approximate surface area is 99.0 Å². The summed E-state index contributed by atoms with van der Waals surface area (Å²) in [4.78, 5) is 16.6. The van der Waals surface area contributed by atoms with Crippen LogP contribution < -0.4 is 0 Å². The first-order valence-corrected chi connectivity index (χ1v) is 6.10. The zero-order valence-electron chi connectivity index (χ0n) is 9.31. The Morgan fingerprint density at radius 1 is 1.31 bits per heavy atom. The van der Waals surface area contributed by atoms with Gasteiger partial charge in [-0.15, -0.1) is 11.3 Å².